The fraction of sp³-hybridized carbons (Fsp3) is 0.294. The summed E-state index contributed by atoms with van der Waals surface area (Å²) < 4.78 is 20.0. The van der Waals surface area contributed by atoms with Crippen LogP contribution in [0.25, 0.3) is 0 Å². The Morgan fingerprint density at radius 1 is 1.22 bits per heavy atom. The first-order valence-corrected chi connectivity index (χ1v) is 8.13. The Morgan fingerprint density at radius 2 is 1.96 bits per heavy atom. The molecule has 0 atom stereocenters. The van der Waals surface area contributed by atoms with Crippen LogP contribution in [0.2, 0.25) is 0 Å². The Balaban J connectivity index is 1.55. The standard InChI is InChI=1S/C17H15BrFN3O/c18-16-2-1-14(19)9-17(16)23-15-4-7-22(8-5-15)6-3-13-10-20-12-21-11-13/h1-2,9-12,15H,4-5,7-8H2. The van der Waals surface area contributed by atoms with Crippen LogP contribution in [0.3, 0.4) is 0 Å². The topological polar surface area (TPSA) is 38.2 Å². The number of piperidine rings is 1. The van der Waals surface area contributed by atoms with E-state index < -0.39 is 0 Å². The molecule has 1 aromatic heterocycles. The molecule has 3 rings (SSSR count). The SMILES string of the molecule is Fc1ccc(Br)c(OC2CCN(C#Cc3cncnc3)CC2)c1. The van der Waals surface area contributed by atoms with Crippen molar-refractivity contribution < 1.29 is 9.13 Å². The molecule has 23 heavy (non-hydrogen) atoms. The minimum Gasteiger partial charge on any atom is -0.489 e. The molecule has 4 nitrogen and oxygen atoms in total. The zero-order valence-corrected chi connectivity index (χ0v) is 14.0. The van der Waals surface area contributed by atoms with E-state index in [1.807, 2.05) is 0 Å². The van der Waals surface area contributed by atoms with Crippen LogP contribution >= 0.6 is 15.9 Å². The molecule has 118 valence electrons. The van der Waals surface area contributed by atoms with E-state index in [1.54, 1.807) is 18.5 Å². The minimum absolute atomic E-state index is 0.0752. The van der Waals surface area contributed by atoms with Gasteiger partial charge in [0.25, 0.3) is 0 Å². The van der Waals surface area contributed by atoms with Crippen LogP contribution in [-0.2, 0) is 0 Å². The van der Waals surface area contributed by atoms with E-state index in [0.717, 1.165) is 36.0 Å². The lowest BCUT2D eigenvalue weighted by molar-refractivity contribution is 0.126. The predicted molar refractivity (Wildman–Crippen MR) is 88.2 cm³/mol. The highest BCUT2D eigenvalue weighted by Crippen LogP contribution is 2.28. The molecule has 1 aliphatic rings. The summed E-state index contributed by atoms with van der Waals surface area (Å²) in [5.41, 5.74) is 0.801. The second-order valence-electron chi connectivity index (χ2n) is 5.24. The molecular weight excluding hydrogens is 361 g/mol. The second kappa shape index (κ2) is 7.42. The van der Waals surface area contributed by atoms with Crippen LogP contribution in [0.1, 0.15) is 18.4 Å². The van der Waals surface area contributed by atoms with Gasteiger partial charge in [0.05, 0.1) is 10.0 Å². The molecular formula is C17H15BrFN3O. The van der Waals surface area contributed by atoms with Gasteiger partial charge in [-0.1, -0.05) is 0 Å². The first kappa shape index (κ1) is 15.8. The molecule has 0 amide bonds. The Bertz CT molecular complexity index is 722. The van der Waals surface area contributed by atoms with Crippen LogP contribution in [0, 0.1) is 17.8 Å². The number of hydrogen-bond acceptors (Lipinski definition) is 4. The maximum atomic E-state index is 13.3. The third kappa shape index (κ3) is 4.42. The summed E-state index contributed by atoms with van der Waals surface area (Å²) in [5, 5.41) is 0. The minimum atomic E-state index is -0.295. The molecule has 0 bridgehead atoms. The largest absolute Gasteiger partial charge is 0.489 e. The Kier molecular flexibility index (Phi) is 5.09. The maximum absolute atomic E-state index is 13.3. The normalized spacial score (nSPS) is 15.0. The monoisotopic (exact) mass is 375 g/mol. The van der Waals surface area contributed by atoms with Gasteiger partial charge in [-0.25, -0.2) is 14.4 Å². The van der Waals surface area contributed by atoms with Crippen LogP contribution in [0.15, 0.2) is 41.4 Å². The zero-order chi connectivity index (χ0) is 16.1. The van der Waals surface area contributed by atoms with Gasteiger partial charge in [0.15, 0.2) is 0 Å². The third-order valence-electron chi connectivity index (χ3n) is 3.55. The number of benzene rings is 1. The van der Waals surface area contributed by atoms with Gasteiger partial charge in [-0.3, -0.25) is 0 Å². The molecule has 1 fully saturated rings. The number of nitrogens with zero attached hydrogens (tertiary/aromatic N) is 3. The summed E-state index contributed by atoms with van der Waals surface area (Å²) in [7, 11) is 0. The summed E-state index contributed by atoms with van der Waals surface area (Å²) in [4.78, 5) is 9.93. The third-order valence-corrected chi connectivity index (χ3v) is 4.20. The van der Waals surface area contributed by atoms with Gasteiger partial charge >= 0.3 is 0 Å². The molecule has 2 heterocycles. The summed E-state index contributed by atoms with van der Waals surface area (Å²) in [6, 6.07) is 7.59. The lowest BCUT2D eigenvalue weighted by Gasteiger charge is -2.30. The molecule has 0 saturated carbocycles. The molecule has 0 aliphatic carbocycles. The van der Waals surface area contributed by atoms with Crippen molar-refractivity contribution in [2.45, 2.75) is 18.9 Å². The number of halogens is 2. The lowest BCUT2D eigenvalue weighted by atomic mass is 10.1. The van der Waals surface area contributed by atoms with Crippen LogP contribution in [-0.4, -0.2) is 34.1 Å². The van der Waals surface area contributed by atoms with Crippen molar-refractivity contribution in [2.24, 2.45) is 0 Å². The molecule has 1 saturated heterocycles. The quantitative estimate of drug-likeness (QED) is 0.755. The first-order chi connectivity index (χ1) is 11.2. The molecule has 6 heteroatoms. The second-order valence-corrected chi connectivity index (χ2v) is 6.10. The van der Waals surface area contributed by atoms with Gasteiger partial charge in [-0.2, -0.15) is 0 Å². The summed E-state index contributed by atoms with van der Waals surface area (Å²) >= 11 is 3.38. The molecule has 1 aromatic carbocycles. The maximum Gasteiger partial charge on any atom is 0.136 e. The van der Waals surface area contributed by atoms with Gasteiger partial charge in [-0.05, 0) is 34.0 Å². The highest BCUT2D eigenvalue weighted by molar-refractivity contribution is 9.10. The molecule has 0 unspecified atom stereocenters. The average Bonchev–Trinajstić information content (AvgIpc) is 2.58. The van der Waals surface area contributed by atoms with Crippen LogP contribution in [0.4, 0.5) is 4.39 Å². The number of aromatic nitrogens is 2. The van der Waals surface area contributed by atoms with E-state index in [9.17, 15) is 4.39 Å². The van der Waals surface area contributed by atoms with Gasteiger partial charge in [0.2, 0.25) is 0 Å². The van der Waals surface area contributed by atoms with E-state index in [4.69, 9.17) is 4.74 Å². The highest BCUT2D eigenvalue weighted by Gasteiger charge is 2.20. The summed E-state index contributed by atoms with van der Waals surface area (Å²) in [5.74, 6) is 3.31. The van der Waals surface area contributed by atoms with Crippen molar-refractivity contribution in [3.8, 4) is 17.7 Å². The van der Waals surface area contributed by atoms with Gasteiger partial charge in [0, 0.05) is 50.4 Å². The predicted octanol–water partition coefficient (Wildman–Crippen LogP) is 3.23. The first-order valence-electron chi connectivity index (χ1n) is 7.34. The van der Waals surface area contributed by atoms with Gasteiger partial charge in [-0.15, -0.1) is 0 Å². The molecule has 0 radical (unpaired) electrons. The van der Waals surface area contributed by atoms with E-state index in [1.165, 1.54) is 18.5 Å². The van der Waals surface area contributed by atoms with Gasteiger partial charge < -0.3 is 9.64 Å². The highest BCUT2D eigenvalue weighted by atomic mass is 79.9. The van der Waals surface area contributed by atoms with Crippen molar-refractivity contribution >= 4 is 15.9 Å². The number of ether oxygens (including phenoxy) is 1. The van der Waals surface area contributed by atoms with Crippen LogP contribution in [0.5, 0.6) is 5.75 Å². The van der Waals surface area contributed by atoms with E-state index in [2.05, 4.69) is 42.8 Å². The van der Waals surface area contributed by atoms with Gasteiger partial charge in [0.1, 0.15) is 24.0 Å². The number of likely N-dealkylation sites (tertiary alicyclic amines) is 1. The van der Waals surface area contributed by atoms with Crippen LogP contribution < -0.4 is 4.74 Å². The smallest absolute Gasteiger partial charge is 0.136 e. The van der Waals surface area contributed by atoms with Crippen molar-refractivity contribution in [3.63, 3.8) is 0 Å². The van der Waals surface area contributed by atoms with E-state index >= 15 is 0 Å². The molecule has 2 aromatic rings. The van der Waals surface area contributed by atoms with Crippen molar-refractivity contribution in [1.29, 1.82) is 0 Å². The summed E-state index contributed by atoms with van der Waals surface area (Å²) in [6.07, 6.45) is 6.64. The van der Waals surface area contributed by atoms with E-state index in [-0.39, 0.29) is 11.9 Å². The average molecular weight is 376 g/mol. The fourth-order valence-corrected chi connectivity index (χ4v) is 2.68. The number of rotatable bonds is 2. The summed E-state index contributed by atoms with van der Waals surface area (Å²) in [6.45, 7) is 1.64. The Hall–Kier alpha value is -2.13. The van der Waals surface area contributed by atoms with E-state index in [0.29, 0.717) is 5.75 Å². The zero-order valence-electron chi connectivity index (χ0n) is 12.4. The Morgan fingerprint density at radius 3 is 2.70 bits per heavy atom. The molecule has 1 aliphatic heterocycles. The molecule has 0 spiro atoms. The lowest BCUT2D eigenvalue weighted by Crippen LogP contribution is -2.35. The molecule has 0 N–H and O–H groups in total. The van der Waals surface area contributed by atoms with Crippen molar-refractivity contribution in [1.82, 2.24) is 14.9 Å². The Labute approximate surface area is 142 Å². The fourth-order valence-electron chi connectivity index (χ4n) is 2.34. The van der Waals surface area contributed by atoms with Crippen molar-refractivity contribution in [3.05, 3.63) is 52.8 Å². The number of hydrogen-bond donors (Lipinski definition) is 0. The van der Waals surface area contributed by atoms with Crippen molar-refractivity contribution in [2.75, 3.05) is 13.1 Å².